The first-order chi connectivity index (χ1) is 10.4. The van der Waals surface area contributed by atoms with E-state index in [4.69, 9.17) is 4.74 Å². The van der Waals surface area contributed by atoms with Crippen molar-refractivity contribution in [2.75, 3.05) is 5.32 Å². The van der Waals surface area contributed by atoms with Crippen LogP contribution >= 0.6 is 0 Å². The number of ether oxygens (including phenoxy) is 1. The van der Waals surface area contributed by atoms with E-state index in [9.17, 15) is 4.79 Å². The third-order valence-corrected chi connectivity index (χ3v) is 4.31. The third kappa shape index (κ3) is 3.32. The molecule has 1 N–H and O–H groups in total. The quantitative estimate of drug-likeness (QED) is 0.873. The van der Waals surface area contributed by atoms with Gasteiger partial charge in [-0.3, -0.25) is 4.79 Å². The van der Waals surface area contributed by atoms with Crippen molar-refractivity contribution < 1.29 is 9.53 Å². The molecule has 2 aromatic carbocycles. The van der Waals surface area contributed by atoms with Gasteiger partial charge in [0.1, 0.15) is 5.75 Å². The smallest absolute Gasteiger partial charge is 0.209 e. The zero-order valence-electron chi connectivity index (χ0n) is 14.5. The maximum absolute atomic E-state index is 12.5. The zero-order chi connectivity index (χ0) is 15.9. The van der Waals surface area contributed by atoms with Crippen molar-refractivity contribution in [3.63, 3.8) is 0 Å². The Balaban J connectivity index is 0.00000192. The van der Waals surface area contributed by atoms with E-state index in [1.807, 2.05) is 45.0 Å². The Morgan fingerprint density at radius 3 is 2.39 bits per heavy atom. The van der Waals surface area contributed by atoms with Gasteiger partial charge < -0.3 is 10.1 Å². The molecule has 1 heterocycles. The summed E-state index contributed by atoms with van der Waals surface area (Å²) >= 11 is 0. The second kappa shape index (κ2) is 6.68. The van der Waals surface area contributed by atoms with E-state index in [2.05, 4.69) is 24.4 Å². The normalized spacial score (nSPS) is 14.7. The van der Waals surface area contributed by atoms with Gasteiger partial charge in [0.05, 0.1) is 5.56 Å². The number of ketones is 1. The second-order valence-corrected chi connectivity index (χ2v) is 6.33. The molecule has 0 aliphatic carbocycles. The van der Waals surface area contributed by atoms with Gasteiger partial charge >= 0.3 is 0 Å². The topological polar surface area (TPSA) is 38.3 Å². The molecule has 0 bridgehead atoms. The fourth-order valence-corrected chi connectivity index (χ4v) is 2.80. The molecule has 0 unspecified atom stereocenters. The van der Waals surface area contributed by atoms with Gasteiger partial charge in [-0.15, -0.1) is 0 Å². The Labute approximate surface area is 159 Å². The van der Waals surface area contributed by atoms with Gasteiger partial charge in [0, 0.05) is 41.8 Å². The summed E-state index contributed by atoms with van der Waals surface area (Å²) in [5.41, 5.74) is 4.28. The van der Waals surface area contributed by atoms with Crippen LogP contribution in [0.4, 0.5) is 5.69 Å². The number of nitrogens with one attached hydrogen (secondary N) is 1. The fourth-order valence-electron chi connectivity index (χ4n) is 2.80. The Morgan fingerprint density at radius 1 is 1.09 bits per heavy atom. The molecule has 0 fully saturated rings. The molecular weight excluding hydrogens is 297 g/mol. The van der Waals surface area contributed by atoms with Crippen molar-refractivity contribution in [1.29, 1.82) is 0 Å². The molecule has 3 rings (SSSR count). The van der Waals surface area contributed by atoms with Crippen molar-refractivity contribution in [2.24, 2.45) is 0 Å². The Kier molecular flexibility index (Phi) is 5.24. The van der Waals surface area contributed by atoms with Crippen LogP contribution in [0.25, 0.3) is 0 Å². The van der Waals surface area contributed by atoms with Gasteiger partial charge in [0.15, 0.2) is 5.60 Å². The first-order valence-corrected chi connectivity index (χ1v) is 7.56. The van der Waals surface area contributed by atoms with E-state index >= 15 is 0 Å². The number of rotatable bonds is 3. The van der Waals surface area contributed by atoms with Gasteiger partial charge in [-0.25, -0.2) is 0 Å². The van der Waals surface area contributed by atoms with Crippen LogP contribution in [-0.2, 0) is 6.54 Å². The predicted molar refractivity (Wildman–Crippen MR) is 94.5 cm³/mol. The molecule has 1 aliphatic rings. The standard InChI is InChI=1S/C19H21NO2.Na/c1-12-13(2)17-15(18(21)19(3,4)22-17)10-16(12)20-11-14-8-6-5-7-9-14;/h5-10,20H,11H2,1-4H3;. The third-order valence-electron chi connectivity index (χ3n) is 4.31. The van der Waals surface area contributed by atoms with E-state index in [1.54, 1.807) is 0 Å². The molecule has 23 heavy (non-hydrogen) atoms. The van der Waals surface area contributed by atoms with Crippen LogP contribution in [0.5, 0.6) is 5.75 Å². The first-order valence-electron chi connectivity index (χ1n) is 7.56. The maximum Gasteiger partial charge on any atom is 0.209 e. The van der Waals surface area contributed by atoms with Crippen molar-refractivity contribution in [3.05, 3.63) is 58.7 Å². The average molecular weight is 318 g/mol. The number of Topliss-reactive ketones (excluding diaryl/α,β-unsaturated/α-hetero) is 1. The summed E-state index contributed by atoms with van der Waals surface area (Å²) in [4.78, 5) is 12.5. The number of fused-ring (bicyclic) bond motifs is 1. The van der Waals surface area contributed by atoms with Crippen molar-refractivity contribution in [3.8, 4) is 5.75 Å². The summed E-state index contributed by atoms with van der Waals surface area (Å²) in [5, 5.41) is 3.44. The van der Waals surface area contributed by atoms with Gasteiger partial charge in [-0.1, -0.05) is 30.3 Å². The van der Waals surface area contributed by atoms with Crippen LogP contribution in [0.2, 0.25) is 0 Å². The summed E-state index contributed by atoms with van der Waals surface area (Å²) in [6, 6.07) is 12.2. The molecule has 1 aliphatic heterocycles. The van der Waals surface area contributed by atoms with E-state index in [-0.39, 0.29) is 35.3 Å². The van der Waals surface area contributed by atoms with E-state index in [0.717, 1.165) is 29.1 Å². The maximum atomic E-state index is 12.5. The summed E-state index contributed by atoms with van der Waals surface area (Å²) < 4.78 is 5.86. The minimum Gasteiger partial charge on any atom is -0.479 e. The SMILES string of the molecule is Cc1c(NCc2ccccc2)cc2c(c1C)OC(C)(C)C2=O.[Na]. The molecule has 0 saturated carbocycles. The molecule has 0 saturated heterocycles. The molecule has 115 valence electrons. The van der Waals surface area contributed by atoms with Gasteiger partial charge in [0.2, 0.25) is 5.78 Å². The summed E-state index contributed by atoms with van der Waals surface area (Å²) in [6.07, 6.45) is 0. The van der Waals surface area contributed by atoms with Crippen molar-refractivity contribution in [2.45, 2.75) is 39.8 Å². The number of benzene rings is 2. The molecule has 0 amide bonds. The minimum atomic E-state index is -0.766. The fraction of sp³-hybridized carbons (Fsp3) is 0.316. The number of anilines is 1. The first kappa shape index (κ1) is 18.1. The second-order valence-electron chi connectivity index (χ2n) is 6.33. The van der Waals surface area contributed by atoms with Crippen molar-refractivity contribution >= 4 is 41.0 Å². The largest absolute Gasteiger partial charge is 0.479 e. The number of carbonyl (C=O) groups excluding carboxylic acids is 1. The molecule has 4 heteroatoms. The van der Waals surface area contributed by atoms with E-state index < -0.39 is 5.60 Å². The Bertz CT molecular complexity index is 739. The van der Waals surface area contributed by atoms with Crippen LogP contribution in [0, 0.1) is 13.8 Å². The molecule has 0 aromatic heterocycles. The summed E-state index contributed by atoms with van der Waals surface area (Å²) in [5.74, 6) is 0.783. The van der Waals surface area contributed by atoms with Gasteiger partial charge in [-0.05, 0) is 50.5 Å². The summed E-state index contributed by atoms with van der Waals surface area (Å²) in [6.45, 7) is 8.44. The van der Waals surface area contributed by atoms with Crippen LogP contribution in [-0.4, -0.2) is 40.9 Å². The monoisotopic (exact) mass is 318 g/mol. The van der Waals surface area contributed by atoms with E-state index in [1.165, 1.54) is 5.56 Å². The molecular formula is C19H21NNaO2. The van der Waals surface area contributed by atoms with E-state index in [0.29, 0.717) is 5.56 Å². The Morgan fingerprint density at radius 2 is 1.74 bits per heavy atom. The minimum absolute atomic E-state index is 0. The number of carbonyl (C=O) groups is 1. The number of hydrogen-bond donors (Lipinski definition) is 1. The van der Waals surface area contributed by atoms with Gasteiger partial charge in [0.25, 0.3) is 0 Å². The van der Waals surface area contributed by atoms with Crippen LogP contribution in [0.1, 0.15) is 40.9 Å². The Hall–Kier alpha value is -1.29. The van der Waals surface area contributed by atoms with Gasteiger partial charge in [-0.2, -0.15) is 0 Å². The molecule has 1 radical (unpaired) electrons. The average Bonchev–Trinajstić information content (AvgIpc) is 2.73. The molecule has 0 atom stereocenters. The van der Waals surface area contributed by atoms with Crippen LogP contribution in [0.3, 0.4) is 0 Å². The summed E-state index contributed by atoms with van der Waals surface area (Å²) in [7, 11) is 0. The van der Waals surface area contributed by atoms with Crippen LogP contribution in [0.15, 0.2) is 36.4 Å². The predicted octanol–water partition coefficient (Wildman–Crippen LogP) is 3.89. The molecule has 0 spiro atoms. The van der Waals surface area contributed by atoms with Crippen molar-refractivity contribution in [1.82, 2.24) is 0 Å². The molecule has 2 aromatic rings. The number of hydrogen-bond acceptors (Lipinski definition) is 3. The zero-order valence-corrected chi connectivity index (χ0v) is 16.5. The van der Waals surface area contributed by atoms with Crippen LogP contribution < -0.4 is 10.1 Å². The molecule has 3 nitrogen and oxygen atoms in total.